The maximum atomic E-state index is 16.6. The van der Waals surface area contributed by atoms with Gasteiger partial charge in [0.2, 0.25) is 0 Å². The lowest BCUT2D eigenvalue weighted by Gasteiger charge is -2.27. The molecular weight excluding hydrogens is 575 g/mol. The normalized spacial score (nSPS) is 26.2. The van der Waals surface area contributed by atoms with E-state index < -0.39 is 17.8 Å². The van der Waals surface area contributed by atoms with Crippen LogP contribution in [0.3, 0.4) is 0 Å². The van der Waals surface area contributed by atoms with Crippen molar-refractivity contribution in [2.75, 3.05) is 37.9 Å². The zero-order valence-electron chi connectivity index (χ0n) is 22.5. The molecule has 3 saturated heterocycles. The van der Waals surface area contributed by atoms with E-state index in [2.05, 4.69) is 20.2 Å². The van der Waals surface area contributed by atoms with Crippen LogP contribution in [0.2, 0.25) is 5.02 Å². The standard InChI is InChI=1S/C28H29ClF3N7OS/c1-34-19-8-13-3-6-20(19)39(13)26-16-9-17(29)21(15-4-5-18(31)25-24(15)35-27(33)41-25)22(32)23(16)36-28(37-26)40-11-14-7-12(30)10-38(14)2/h4-5,9,12-14,19-20,34H,3,6-8,10-11H2,1-2H3,(H2,33,35)/t12-,13-,14+,19?,20-/m1/s1. The third-order valence-corrected chi connectivity index (χ3v) is 10.0. The molecule has 2 aromatic carbocycles. The number of alkyl halides is 1. The van der Waals surface area contributed by atoms with Gasteiger partial charge in [0, 0.05) is 47.2 Å². The highest BCUT2D eigenvalue weighted by molar-refractivity contribution is 7.22. The van der Waals surface area contributed by atoms with Crippen molar-refractivity contribution in [3.63, 3.8) is 0 Å². The maximum absolute atomic E-state index is 16.6. The zero-order chi connectivity index (χ0) is 28.6. The summed E-state index contributed by atoms with van der Waals surface area (Å²) in [5.74, 6) is -0.613. The average molecular weight is 604 g/mol. The van der Waals surface area contributed by atoms with Gasteiger partial charge in [-0.15, -0.1) is 0 Å². The summed E-state index contributed by atoms with van der Waals surface area (Å²) in [6.45, 7) is 0.511. The van der Waals surface area contributed by atoms with Crippen molar-refractivity contribution in [3.8, 4) is 17.1 Å². The summed E-state index contributed by atoms with van der Waals surface area (Å²) in [5.41, 5.74) is 6.53. The van der Waals surface area contributed by atoms with Gasteiger partial charge in [-0.2, -0.15) is 9.97 Å². The number of likely N-dealkylation sites (N-methyl/N-ethyl adjacent to an activating group) is 2. The van der Waals surface area contributed by atoms with Gasteiger partial charge in [0.15, 0.2) is 10.9 Å². The summed E-state index contributed by atoms with van der Waals surface area (Å²) in [7, 11) is 3.80. The van der Waals surface area contributed by atoms with Crippen molar-refractivity contribution in [2.45, 2.75) is 56.0 Å². The lowest BCUT2D eigenvalue weighted by Crippen LogP contribution is -2.39. The second kappa shape index (κ2) is 10.1. The van der Waals surface area contributed by atoms with E-state index >= 15 is 4.39 Å². The van der Waals surface area contributed by atoms with Gasteiger partial charge in [0.1, 0.15) is 29.9 Å². The smallest absolute Gasteiger partial charge is 0.319 e. The molecule has 0 saturated carbocycles. The molecule has 3 fully saturated rings. The molecule has 0 radical (unpaired) electrons. The number of hydrogen-bond acceptors (Lipinski definition) is 9. The highest BCUT2D eigenvalue weighted by Gasteiger charge is 2.47. The predicted octanol–water partition coefficient (Wildman–Crippen LogP) is 5.17. The number of benzene rings is 2. The first-order valence-electron chi connectivity index (χ1n) is 13.7. The number of hydrogen-bond donors (Lipinski definition) is 2. The molecule has 5 atom stereocenters. The van der Waals surface area contributed by atoms with Crippen molar-refractivity contribution in [3.05, 3.63) is 34.9 Å². The number of nitrogen functional groups attached to an aromatic ring is 1. The Morgan fingerprint density at radius 3 is 2.73 bits per heavy atom. The maximum Gasteiger partial charge on any atom is 0.319 e. The number of rotatable bonds is 6. The van der Waals surface area contributed by atoms with Gasteiger partial charge >= 0.3 is 6.01 Å². The van der Waals surface area contributed by atoms with E-state index in [-0.39, 0.29) is 68.2 Å². The Kier molecular flexibility index (Phi) is 6.64. The minimum Gasteiger partial charge on any atom is -0.462 e. The Hall–Kier alpha value is -2.93. The Morgan fingerprint density at radius 1 is 1.17 bits per heavy atom. The second-order valence-electron chi connectivity index (χ2n) is 11.2. The Morgan fingerprint density at radius 2 is 2.00 bits per heavy atom. The molecule has 0 amide bonds. The SMILES string of the molecule is CNC1C[C@H]2CC[C@H]1N2c1nc(OC[C@@H]2C[C@@H](F)CN2C)nc2c(F)c(-c3ccc(F)c4sc(N)nc34)c(Cl)cc12. The number of thiazole rings is 1. The number of nitrogens with one attached hydrogen (secondary N) is 1. The monoisotopic (exact) mass is 603 g/mol. The first-order valence-corrected chi connectivity index (χ1v) is 14.9. The number of likely N-dealkylation sites (tertiary alicyclic amines) is 1. The fraction of sp³-hybridized carbons (Fsp3) is 0.464. The van der Waals surface area contributed by atoms with Crippen LogP contribution < -0.4 is 20.7 Å². The highest BCUT2D eigenvalue weighted by Crippen LogP contribution is 2.46. The predicted molar refractivity (Wildman–Crippen MR) is 156 cm³/mol. The van der Waals surface area contributed by atoms with Crippen molar-refractivity contribution in [1.82, 2.24) is 25.2 Å². The van der Waals surface area contributed by atoms with Gasteiger partial charge in [-0.3, -0.25) is 4.90 Å². The summed E-state index contributed by atoms with van der Waals surface area (Å²) < 4.78 is 51.4. The Balaban J connectivity index is 1.39. The van der Waals surface area contributed by atoms with Gasteiger partial charge in [0.25, 0.3) is 0 Å². The molecular formula is C28H29ClF3N7OS. The fourth-order valence-electron chi connectivity index (χ4n) is 6.87. The minimum atomic E-state index is -0.921. The molecule has 216 valence electrons. The van der Waals surface area contributed by atoms with Crippen LogP contribution in [0.4, 0.5) is 24.1 Å². The van der Waals surface area contributed by atoms with E-state index in [0.29, 0.717) is 29.7 Å². The average Bonchev–Trinajstić information content (AvgIpc) is 3.70. The Bertz CT molecular complexity index is 1670. The number of ether oxygens (including phenoxy) is 1. The third-order valence-electron chi connectivity index (χ3n) is 8.82. The highest BCUT2D eigenvalue weighted by atomic mass is 35.5. The quantitative estimate of drug-likeness (QED) is 0.312. The van der Waals surface area contributed by atoms with E-state index in [9.17, 15) is 8.78 Å². The molecule has 41 heavy (non-hydrogen) atoms. The molecule has 7 rings (SSSR count). The first-order chi connectivity index (χ1) is 19.7. The van der Waals surface area contributed by atoms with Crippen molar-refractivity contribution in [2.24, 2.45) is 0 Å². The topological polar surface area (TPSA) is 92.4 Å². The molecule has 0 aliphatic carbocycles. The summed E-state index contributed by atoms with van der Waals surface area (Å²) in [6, 6.07) is 4.94. The second-order valence-corrected chi connectivity index (χ2v) is 12.6. The van der Waals surface area contributed by atoms with Crippen molar-refractivity contribution >= 4 is 55.0 Å². The fourth-order valence-corrected chi connectivity index (χ4v) is 7.93. The lowest BCUT2D eigenvalue weighted by atomic mass is 9.96. The first kappa shape index (κ1) is 26.9. The van der Waals surface area contributed by atoms with E-state index in [0.717, 1.165) is 30.6 Å². The molecule has 5 heterocycles. The van der Waals surface area contributed by atoms with Crippen LogP contribution in [0, 0.1) is 11.6 Å². The van der Waals surface area contributed by atoms with Crippen LogP contribution in [-0.4, -0.2) is 77.4 Å². The van der Waals surface area contributed by atoms with Crippen molar-refractivity contribution < 1.29 is 17.9 Å². The molecule has 0 spiro atoms. The van der Waals surface area contributed by atoms with Crippen LogP contribution in [0.1, 0.15) is 25.7 Å². The van der Waals surface area contributed by atoms with Crippen LogP contribution in [0.5, 0.6) is 6.01 Å². The van der Waals surface area contributed by atoms with Crippen LogP contribution in [-0.2, 0) is 0 Å². The van der Waals surface area contributed by atoms with Gasteiger partial charge in [-0.05, 0) is 58.0 Å². The van der Waals surface area contributed by atoms with E-state index in [1.165, 1.54) is 12.1 Å². The largest absolute Gasteiger partial charge is 0.462 e. The molecule has 3 aliphatic rings. The third kappa shape index (κ3) is 4.38. The van der Waals surface area contributed by atoms with Crippen LogP contribution in [0.25, 0.3) is 32.2 Å². The lowest BCUT2D eigenvalue weighted by molar-refractivity contribution is 0.188. The molecule has 3 aliphatic heterocycles. The molecule has 2 bridgehead atoms. The molecule has 2 aromatic heterocycles. The number of fused-ring (bicyclic) bond motifs is 4. The van der Waals surface area contributed by atoms with Crippen LogP contribution >= 0.6 is 22.9 Å². The number of aromatic nitrogens is 3. The molecule has 4 aromatic rings. The summed E-state index contributed by atoms with van der Waals surface area (Å²) in [4.78, 5) is 17.7. The molecule has 8 nitrogen and oxygen atoms in total. The number of nitrogens with two attached hydrogens (primary N) is 1. The van der Waals surface area contributed by atoms with Gasteiger partial charge in [0.05, 0.1) is 15.2 Å². The summed E-state index contributed by atoms with van der Waals surface area (Å²) in [6.07, 6.45) is 2.36. The van der Waals surface area contributed by atoms with Crippen molar-refractivity contribution in [1.29, 1.82) is 0 Å². The minimum absolute atomic E-state index is 0.0184. The summed E-state index contributed by atoms with van der Waals surface area (Å²) in [5, 5.41) is 4.17. The van der Waals surface area contributed by atoms with E-state index in [1.807, 2.05) is 19.0 Å². The number of nitrogens with zero attached hydrogens (tertiary/aromatic N) is 5. The number of anilines is 2. The van der Waals surface area contributed by atoms with Gasteiger partial charge in [-0.25, -0.2) is 18.2 Å². The van der Waals surface area contributed by atoms with Crippen LogP contribution in [0.15, 0.2) is 18.2 Å². The summed E-state index contributed by atoms with van der Waals surface area (Å²) >= 11 is 7.77. The Labute approximate surface area is 243 Å². The molecule has 1 unspecified atom stereocenters. The molecule has 3 N–H and O–H groups in total. The molecule has 13 heteroatoms. The zero-order valence-corrected chi connectivity index (χ0v) is 24.1. The van der Waals surface area contributed by atoms with E-state index in [4.69, 9.17) is 27.1 Å². The number of halogens is 4. The van der Waals surface area contributed by atoms with E-state index in [1.54, 1.807) is 6.07 Å². The van der Waals surface area contributed by atoms with Gasteiger partial charge in [-0.1, -0.05) is 22.9 Å². The van der Waals surface area contributed by atoms with Gasteiger partial charge < -0.3 is 20.7 Å².